The van der Waals surface area contributed by atoms with Crippen LogP contribution in [0.15, 0.2) is 60.7 Å². The third-order valence-corrected chi connectivity index (χ3v) is 4.21. The van der Waals surface area contributed by atoms with Gasteiger partial charge in [0.2, 0.25) is 0 Å². The van der Waals surface area contributed by atoms with Gasteiger partial charge in [-0.25, -0.2) is 0 Å². The average molecular weight is 265 g/mol. The molecule has 0 heterocycles. The highest BCUT2D eigenvalue weighted by molar-refractivity contribution is 5.20. The van der Waals surface area contributed by atoms with Gasteiger partial charge in [0.1, 0.15) is 0 Å². The van der Waals surface area contributed by atoms with Gasteiger partial charge in [0, 0.05) is 12.1 Å². The maximum Gasteiger partial charge on any atom is 0.0151 e. The van der Waals surface area contributed by atoms with Crippen LogP contribution in [0.25, 0.3) is 0 Å². The van der Waals surface area contributed by atoms with Crippen LogP contribution in [0.4, 0.5) is 0 Å². The summed E-state index contributed by atoms with van der Waals surface area (Å²) in [6.45, 7) is 2.33. The standard InChI is InChI=1S/C19H23N/c1-15-12-19(15)20-18(13-16-8-4-2-5-9-16)14-17-10-6-3-7-11-17/h2-11,15,18-20H,12-14H2,1H3. The molecule has 2 unspecified atom stereocenters. The Labute approximate surface area is 122 Å². The third kappa shape index (κ3) is 3.71. The van der Waals surface area contributed by atoms with Crippen LogP contribution in [0.5, 0.6) is 0 Å². The van der Waals surface area contributed by atoms with Gasteiger partial charge < -0.3 is 5.32 Å². The summed E-state index contributed by atoms with van der Waals surface area (Å²) < 4.78 is 0. The fraction of sp³-hybridized carbons (Fsp3) is 0.368. The van der Waals surface area contributed by atoms with Gasteiger partial charge in [-0.2, -0.15) is 0 Å². The Morgan fingerprint density at radius 2 is 1.35 bits per heavy atom. The highest BCUT2D eigenvalue weighted by Crippen LogP contribution is 2.30. The number of rotatable bonds is 6. The molecule has 0 amide bonds. The first-order chi connectivity index (χ1) is 9.81. The van der Waals surface area contributed by atoms with E-state index in [4.69, 9.17) is 0 Å². The van der Waals surface area contributed by atoms with Gasteiger partial charge in [-0.1, -0.05) is 67.6 Å². The van der Waals surface area contributed by atoms with Crippen molar-refractivity contribution in [3.8, 4) is 0 Å². The minimum Gasteiger partial charge on any atom is -0.310 e. The zero-order chi connectivity index (χ0) is 13.8. The van der Waals surface area contributed by atoms with Crippen LogP contribution >= 0.6 is 0 Å². The van der Waals surface area contributed by atoms with E-state index >= 15 is 0 Å². The van der Waals surface area contributed by atoms with Gasteiger partial charge in [0.15, 0.2) is 0 Å². The largest absolute Gasteiger partial charge is 0.310 e. The molecule has 0 bridgehead atoms. The molecule has 1 N–H and O–H groups in total. The van der Waals surface area contributed by atoms with E-state index in [0.29, 0.717) is 6.04 Å². The van der Waals surface area contributed by atoms with Crippen molar-refractivity contribution in [3.63, 3.8) is 0 Å². The fourth-order valence-electron chi connectivity index (χ4n) is 2.84. The molecule has 0 spiro atoms. The topological polar surface area (TPSA) is 12.0 Å². The fourth-order valence-corrected chi connectivity index (χ4v) is 2.84. The van der Waals surface area contributed by atoms with Gasteiger partial charge >= 0.3 is 0 Å². The Morgan fingerprint density at radius 3 is 1.75 bits per heavy atom. The summed E-state index contributed by atoms with van der Waals surface area (Å²) in [6.07, 6.45) is 3.55. The summed E-state index contributed by atoms with van der Waals surface area (Å²) in [7, 11) is 0. The molecular weight excluding hydrogens is 242 g/mol. The summed E-state index contributed by atoms with van der Waals surface area (Å²) in [5, 5.41) is 3.84. The molecule has 0 saturated heterocycles. The predicted molar refractivity (Wildman–Crippen MR) is 84.8 cm³/mol. The molecule has 1 saturated carbocycles. The van der Waals surface area contributed by atoms with Crippen molar-refractivity contribution in [2.24, 2.45) is 5.92 Å². The molecule has 1 fully saturated rings. The Kier molecular flexibility index (Phi) is 4.17. The highest BCUT2D eigenvalue weighted by atomic mass is 15.0. The van der Waals surface area contributed by atoms with Crippen LogP contribution in [0, 0.1) is 5.92 Å². The first kappa shape index (κ1) is 13.4. The first-order valence-electron chi connectivity index (χ1n) is 7.65. The lowest BCUT2D eigenvalue weighted by Gasteiger charge is -2.19. The van der Waals surface area contributed by atoms with Crippen molar-refractivity contribution in [1.29, 1.82) is 0 Å². The van der Waals surface area contributed by atoms with Crippen LogP contribution in [-0.4, -0.2) is 12.1 Å². The molecule has 0 aliphatic heterocycles. The van der Waals surface area contributed by atoms with E-state index < -0.39 is 0 Å². The quantitative estimate of drug-likeness (QED) is 0.837. The lowest BCUT2D eigenvalue weighted by atomic mass is 9.99. The number of hydrogen-bond donors (Lipinski definition) is 1. The van der Waals surface area contributed by atoms with Crippen LogP contribution in [0.1, 0.15) is 24.5 Å². The molecule has 2 aromatic rings. The van der Waals surface area contributed by atoms with Crippen molar-refractivity contribution in [1.82, 2.24) is 5.32 Å². The second-order valence-corrected chi connectivity index (χ2v) is 6.06. The molecule has 2 atom stereocenters. The molecule has 104 valence electrons. The first-order valence-corrected chi connectivity index (χ1v) is 7.65. The van der Waals surface area contributed by atoms with Crippen molar-refractivity contribution in [2.75, 3.05) is 0 Å². The highest BCUT2D eigenvalue weighted by Gasteiger charge is 2.33. The molecule has 0 radical (unpaired) electrons. The van der Waals surface area contributed by atoms with Gasteiger partial charge in [-0.15, -0.1) is 0 Å². The van der Waals surface area contributed by atoms with Crippen molar-refractivity contribution < 1.29 is 0 Å². The smallest absolute Gasteiger partial charge is 0.0151 e. The van der Waals surface area contributed by atoms with Crippen molar-refractivity contribution >= 4 is 0 Å². The van der Waals surface area contributed by atoms with Crippen LogP contribution in [-0.2, 0) is 12.8 Å². The predicted octanol–water partition coefficient (Wildman–Crippen LogP) is 3.84. The van der Waals surface area contributed by atoms with Gasteiger partial charge in [0.05, 0.1) is 0 Å². The number of benzene rings is 2. The van der Waals surface area contributed by atoms with Crippen molar-refractivity contribution in [2.45, 2.75) is 38.3 Å². The number of nitrogens with one attached hydrogen (secondary N) is 1. The van der Waals surface area contributed by atoms with Crippen LogP contribution in [0.3, 0.4) is 0 Å². The minimum absolute atomic E-state index is 0.537. The van der Waals surface area contributed by atoms with Gasteiger partial charge in [0.25, 0.3) is 0 Å². The van der Waals surface area contributed by atoms with Crippen LogP contribution in [0.2, 0.25) is 0 Å². The maximum absolute atomic E-state index is 3.84. The zero-order valence-corrected chi connectivity index (χ0v) is 12.1. The molecule has 1 aliphatic carbocycles. The second-order valence-electron chi connectivity index (χ2n) is 6.06. The van der Waals surface area contributed by atoms with Gasteiger partial charge in [-0.05, 0) is 36.3 Å². The Hall–Kier alpha value is -1.60. The SMILES string of the molecule is CC1CC1NC(Cc1ccccc1)Cc1ccccc1. The number of hydrogen-bond acceptors (Lipinski definition) is 1. The average Bonchev–Trinajstić information content (AvgIpc) is 3.16. The molecular formula is C19H23N. The Morgan fingerprint density at radius 1 is 0.900 bits per heavy atom. The summed E-state index contributed by atoms with van der Waals surface area (Å²) in [5.74, 6) is 0.851. The van der Waals surface area contributed by atoms with E-state index in [9.17, 15) is 0 Å². The van der Waals surface area contributed by atoms with E-state index in [1.807, 2.05) is 0 Å². The Bertz CT molecular complexity index is 478. The molecule has 20 heavy (non-hydrogen) atoms. The Balaban J connectivity index is 1.67. The summed E-state index contributed by atoms with van der Waals surface area (Å²) in [4.78, 5) is 0. The molecule has 1 heteroatoms. The van der Waals surface area contributed by atoms with E-state index in [-0.39, 0.29) is 0 Å². The normalized spacial score (nSPS) is 21.1. The van der Waals surface area contributed by atoms with E-state index in [2.05, 4.69) is 72.9 Å². The summed E-state index contributed by atoms with van der Waals surface area (Å²) >= 11 is 0. The summed E-state index contributed by atoms with van der Waals surface area (Å²) in [6, 6.07) is 22.9. The lowest BCUT2D eigenvalue weighted by molar-refractivity contribution is 0.490. The van der Waals surface area contributed by atoms with Crippen LogP contribution < -0.4 is 5.32 Å². The lowest BCUT2D eigenvalue weighted by Crippen LogP contribution is -2.35. The van der Waals surface area contributed by atoms with E-state index in [0.717, 1.165) is 24.8 Å². The molecule has 2 aromatic carbocycles. The van der Waals surface area contributed by atoms with Gasteiger partial charge in [-0.3, -0.25) is 0 Å². The monoisotopic (exact) mass is 265 g/mol. The zero-order valence-electron chi connectivity index (χ0n) is 12.1. The molecule has 1 aliphatic rings. The summed E-state index contributed by atoms with van der Waals surface area (Å²) in [5.41, 5.74) is 2.85. The molecule has 1 nitrogen and oxygen atoms in total. The van der Waals surface area contributed by atoms with E-state index in [1.165, 1.54) is 17.5 Å². The minimum atomic E-state index is 0.537. The molecule has 3 rings (SSSR count). The maximum atomic E-state index is 3.84. The van der Waals surface area contributed by atoms with E-state index in [1.54, 1.807) is 0 Å². The third-order valence-electron chi connectivity index (χ3n) is 4.21. The molecule has 0 aromatic heterocycles. The van der Waals surface area contributed by atoms with Crippen molar-refractivity contribution in [3.05, 3.63) is 71.8 Å². The second kappa shape index (κ2) is 6.23.